The van der Waals surface area contributed by atoms with Crippen molar-refractivity contribution in [2.24, 2.45) is 0 Å². The highest BCUT2D eigenvalue weighted by Crippen LogP contribution is 2.18. The Kier molecular flexibility index (Phi) is 5.15. The second-order valence-corrected chi connectivity index (χ2v) is 4.99. The Morgan fingerprint density at radius 1 is 1.38 bits per heavy atom. The molecule has 1 aromatic rings. The molecule has 0 spiro atoms. The van der Waals surface area contributed by atoms with Crippen molar-refractivity contribution >= 4 is 28.2 Å². The number of anilines is 1. The molecule has 0 aliphatic rings. The van der Waals surface area contributed by atoms with Crippen LogP contribution in [0.5, 0.6) is 0 Å². The third kappa shape index (κ3) is 4.47. The summed E-state index contributed by atoms with van der Waals surface area (Å²) in [7, 11) is 0. The first-order chi connectivity index (χ1) is 6.33. The molecule has 74 valence electrons. The first-order valence-corrected chi connectivity index (χ1v) is 6.45. The molecule has 0 atom stereocenters. The average molecular weight is 217 g/mol. The fourth-order valence-corrected chi connectivity index (χ4v) is 2.61. The Morgan fingerprint density at radius 3 is 2.85 bits per heavy atom. The Morgan fingerprint density at radius 2 is 2.23 bits per heavy atom. The van der Waals surface area contributed by atoms with Gasteiger partial charge in [-0.3, -0.25) is 0 Å². The molecule has 0 amide bonds. The predicted octanol–water partition coefficient (Wildman–Crippen LogP) is 2.54. The first-order valence-electron chi connectivity index (χ1n) is 4.48. The minimum Gasteiger partial charge on any atom is -0.374 e. The van der Waals surface area contributed by atoms with Crippen molar-refractivity contribution < 1.29 is 0 Å². The smallest absolute Gasteiger partial charge is 0.203 e. The summed E-state index contributed by atoms with van der Waals surface area (Å²) >= 11 is 3.40. The summed E-state index contributed by atoms with van der Waals surface area (Å²) in [4.78, 5) is 0. The van der Waals surface area contributed by atoms with Gasteiger partial charge in [0, 0.05) is 5.75 Å². The van der Waals surface area contributed by atoms with Gasteiger partial charge in [-0.05, 0) is 12.2 Å². The number of aromatic nitrogens is 2. The lowest BCUT2D eigenvalue weighted by Gasteiger charge is -1.96. The molecule has 2 N–H and O–H groups in total. The van der Waals surface area contributed by atoms with Crippen molar-refractivity contribution in [3.8, 4) is 0 Å². The van der Waals surface area contributed by atoms with Gasteiger partial charge in [0.05, 0.1) is 0 Å². The maximum absolute atomic E-state index is 5.47. The number of thioether (sulfide) groups is 1. The van der Waals surface area contributed by atoms with Crippen LogP contribution < -0.4 is 5.73 Å². The van der Waals surface area contributed by atoms with Crippen LogP contribution >= 0.6 is 23.1 Å². The Hall–Kier alpha value is -0.290. The van der Waals surface area contributed by atoms with Gasteiger partial charge in [0.15, 0.2) is 0 Å². The van der Waals surface area contributed by atoms with Gasteiger partial charge < -0.3 is 5.73 Å². The summed E-state index contributed by atoms with van der Waals surface area (Å²) in [5, 5.41) is 9.33. The van der Waals surface area contributed by atoms with Gasteiger partial charge >= 0.3 is 0 Å². The van der Waals surface area contributed by atoms with Crippen molar-refractivity contribution in [1.29, 1.82) is 0 Å². The fraction of sp³-hybridized carbons (Fsp3) is 0.750. The van der Waals surface area contributed by atoms with Gasteiger partial charge in [0.1, 0.15) is 5.01 Å². The minimum atomic E-state index is 0.573. The molecule has 5 heteroatoms. The summed E-state index contributed by atoms with van der Waals surface area (Å²) in [5.41, 5.74) is 5.47. The van der Waals surface area contributed by atoms with Crippen LogP contribution in [0.25, 0.3) is 0 Å². The minimum absolute atomic E-state index is 0.573. The van der Waals surface area contributed by atoms with Gasteiger partial charge in [-0.1, -0.05) is 31.1 Å². The first kappa shape index (κ1) is 10.8. The van der Waals surface area contributed by atoms with E-state index < -0.39 is 0 Å². The molecule has 0 aliphatic heterocycles. The van der Waals surface area contributed by atoms with E-state index in [0.717, 1.165) is 10.8 Å². The zero-order chi connectivity index (χ0) is 9.52. The van der Waals surface area contributed by atoms with Gasteiger partial charge in [0.2, 0.25) is 5.13 Å². The van der Waals surface area contributed by atoms with E-state index in [2.05, 4.69) is 17.1 Å². The van der Waals surface area contributed by atoms with Gasteiger partial charge in [-0.25, -0.2) is 0 Å². The third-order valence-corrected chi connectivity index (χ3v) is 3.59. The van der Waals surface area contributed by atoms with Crippen LogP contribution in [0.3, 0.4) is 0 Å². The second kappa shape index (κ2) is 6.21. The van der Waals surface area contributed by atoms with Gasteiger partial charge in [-0.2, -0.15) is 11.8 Å². The Balaban J connectivity index is 2.06. The van der Waals surface area contributed by atoms with Crippen molar-refractivity contribution in [3.63, 3.8) is 0 Å². The number of hydrogen-bond acceptors (Lipinski definition) is 5. The van der Waals surface area contributed by atoms with Crippen molar-refractivity contribution in [2.75, 3.05) is 11.5 Å². The molecular formula is C8H15N3S2. The highest BCUT2D eigenvalue weighted by molar-refractivity contribution is 7.98. The number of nitrogen functional groups attached to an aromatic ring is 1. The predicted molar refractivity (Wildman–Crippen MR) is 60.0 cm³/mol. The monoisotopic (exact) mass is 217 g/mol. The molecule has 1 heterocycles. The molecule has 0 fully saturated rings. The molecule has 0 saturated carbocycles. The van der Waals surface area contributed by atoms with E-state index in [1.165, 1.54) is 36.4 Å². The molecule has 1 rings (SSSR count). The van der Waals surface area contributed by atoms with E-state index in [4.69, 9.17) is 5.73 Å². The standard InChI is InChI=1S/C8H15N3S2/c1-2-3-4-5-12-6-7-10-11-8(9)13-7/h2-6H2,1H3,(H2,9,11). The molecule has 0 aliphatic carbocycles. The van der Waals surface area contributed by atoms with Crippen LogP contribution in [0.4, 0.5) is 5.13 Å². The maximum atomic E-state index is 5.47. The van der Waals surface area contributed by atoms with E-state index in [1.807, 2.05) is 11.8 Å². The van der Waals surface area contributed by atoms with E-state index in [1.54, 1.807) is 0 Å². The quantitative estimate of drug-likeness (QED) is 0.744. The highest BCUT2D eigenvalue weighted by Gasteiger charge is 1.99. The number of unbranched alkanes of at least 4 members (excludes halogenated alkanes) is 2. The lowest BCUT2D eigenvalue weighted by Crippen LogP contribution is -1.83. The molecule has 0 aromatic carbocycles. The van der Waals surface area contributed by atoms with Crippen LogP contribution in [0.1, 0.15) is 31.2 Å². The zero-order valence-corrected chi connectivity index (χ0v) is 9.46. The molecular weight excluding hydrogens is 202 g/mol. The van der Waals surface area contributed by atoms with E-state index in [0.29, 0.717) is 5.13 Å². The van der Waals surface area contributed by atoms with Crippen LogP contribution in [0, 0.1) is 0 Å². The van der Waals surface area contributed by atoms with Crippen LogP contribution in [0.2, 0.25) is 0 Å². The van der Waals surface area contributed by atoms with Crippen molar-refractivity contribution in [2.45, 2.75) is 31.9 Å². The molecule has 0 bridgehead atoms. The summed E-state index contributed by atoms with van der Waals surface area (Å²) < 4.78 is 0. The lowest BCUT2D eigenvalue weighted by molar-refractivity contribution is 0.778. The fourth-order valence-electron chi connectivity index (χ4n) is 0.939. The van der Waals surface area contributed by atoms with Gasteiger partial charge in [-0.15, -0.1) is 10.2 Å². The number of nitrogens with zero attached hydrogens (tertiary/aromatic N) is 2. The number of hydrogen-bond donors (Lipinski definition) is 1. The summed E-state index contributed by atoms with van der Waals surface area (Å²) in [6.07, 6.45) is 3.91. The topological polar surface area (TPSA) is 51.8 Å². The number of nitrogens with two attached hydrogens (primary N) is 1. The molecule has 1 aromatic heterocycles. The van der Waals surface area contributed by atoms with E-state index >= 15 is 0 Å². The second-order valence-electron chi connectivity index (χ2n) is 2.79. The van der Waals surface area contributed by atoms with E-state index in [9.17, 15) is 0 Å². The van der Waals surface area contributed by atoms with Gasteiger partial charge in [0.25, 0.3) is 0 Å². The SMILES string of the molecule is CCCCCSCc1nnc(N)s1. The maximum Gasteiger partial charge on any atom is 0.203 e. The lowest BCUT2D eigenvalue weighted by atomic mass is 10.3. The number of rotatable bonds is 6. The molecule has 0 unspecified atom stereocenters. The molecule has 0 saturated heterocycles. The Labute approximate surface area is 87.1 Å². The molecule has 0 radical (unpaired) electrons. The largest absolute Gasteiger partial charge is 0.374 e. The third-order valence-electron chi connectivity index (χ3n) is 1.60. The highest BCUT2D eigenvalue weighted by atomic mass is 32.2. The average Bonchev–Trinajstić information content (AvgIpc) is 2.51. The Bertz CT molecular complexity index is 237. The zero-order valence-electron chi connectivity index (χ0n) is 7.82. The van der Waals surface area contributed by atoms with E-state index in [-0.39, 0.29) is 0 Å². The van der Waals surface area contributed by atoms with Crippen molar-refractivity contribution in [3.05, 3.63) is 5.01 Å². The van der Waals surface area contributed by atoms with Crippen LogP contribution in [-0.2, 0) is 5.75 Å². The molecule has 13 heavy (non-hydrogen) atoms. The summed E-state index contributed by atoms with van der Waals surface area (Å²) in [5.74, 6) is 2.17. The summed E-state index contributed by atoms with van der Waals surface area (Å²) in [6, 6.07) is 0. The summed E-state index contributed by atoms with van der Waals surface area (Å²) in [6.45, 7) is 2.22. The van der Waals surface area contributed by atoms with Crippen molar-refractivity contribution in [1.82, 2.24) is 10.2 Å². The van der Waals surface area contributed by atoms with Crippen LogP contribution in [-0.4, -0.2) is 16.0 Å². The normalized spacial score (nSPS) is 10.5. The van der Waals surface area contributed by atoms with Crippen LogP contribution in [0.15, 0.2) is 0 Å². The molecule has 3 nitrogen and oxygen atoms in total.